The second-order valence-electron chi connectivity index (χ2n) is 5.10. The maximum atomic E-state index is 12.0. The molecule has 1 N–H and O–H groups in total. The molecule has 1 amide bonds. The molecule has 122 valence electrons. The Hall–Kier alpha value is -1.15. The third-order valence-corrected chi connectivity index (χ3v) is 5.48. The lowest BCUT2D eigenvalue weighted by Crippen LogP contribution is -2.20. The van der Waals surface area contributed by atoms with Gasteiger partial charge >= 0.3 is 5.97 Å². The Morgan fingerprint density at radius 3 is 2.86 bits per heavy atom. The molecule has 1 fully saturated rings. The van der Waals surface area contributed by atoms with E-state index in [2.05, 4.69) is 15.5 Å². The topological polar surface area (TPSA) is 81.2 Å². The molecule has 6 nitrogen and oxygen atoms in total. The zero-order valence-electron chi connectivity index (χ0n) is 12.7. The highest BCUT2D eigenvalue weighted by atomic mass is 32.2. The van der Waals surface area contributed by atoms with Crippen molar-refractivity contribution in [1.82, 2.24) is 10.2 Å². The first-order valence-electron chi connectivity index (χ1n) is 7.62. The van der Waals surface area contributed by atoms with Gasteiger partial charge in [0, 0.05) is 18.1 Å². The van der Waals surface area contributed by atoms with Crippen LogP contribution in [0.1, 0.15) is 45.4 Å². The average Bonchev–Trinajstić information content (AvgIpc) is 3.15. The molecule has 1 aliphatic rings. The van der Waals surface area contributed by atoms with Crippen LogP contribution in [0.3, 0.4) is 0 Å². The van der Waals surface area contributed by atoms with Crippen molar-refractivity contribution >= 4 is 40.1 Å². The molecule has 1 heterocycles. The number of rotatable bonds is 8. The molecule has 0 saturated heterocycles. The van der Waals surface area contributed by atoms with E-state index in [9.17, 15) is 9.59 Å². The summed E-state index contributed by atoms with van der Waals surface area (Å²) in [4.78, 5) is 23.2. The number of hydrogen-bond acceptors (Lipinski definition) is 7. The smallest absolute Gasteiger partial charge is 0.305 e. The molecule has 0 aliphatic heterocycles. The van der Waals surface area contributed by atoms with Gasteiger partial charge in [-0.1, -0.05) is 35.9 Å². The van der Waals surface area contributed by atoms with Crippen LogP contribution in [0.25, 0.3) is 0 Å². The summed E-state index contributed by atoms with van der Waals surface area (Å²) in [6.45, 7) is 2.22. The van der Waals surface area contributed by atoms with Crippen LogP contribution in [0.15, 0.2) is 4.34 Å². The van der Waals surface area contributed by atoms with Gasteiger partial charge in [0.05, 0.1) is 6.61 Å². The Morgan fingerprint density at radius 2 is 2.14 bits per heavy atom. The normalized spacial score (nSPS) is 15.0. The van der Waals surface area contributed by atoms with Gasteiger partial charge in [-0.05, 0) is 26.2 Å². The molecule has 2 rings (SSSR count). The lowest BCUT2D eigenvalue weighted by molar-refractivity contribution is -0.143. The van der Waals surface area contributed by atoms with Gasteiger partial charge < -0.3 is 10.1 Å². The molecule has 22 heavy (non-hydrogen) atoms. The minimum absolute atomic E-state index is 0.0625. The second kappa shape index (κ2) is 9.09. The fourth-order valence-electron chi connectivity index (χ4n) is 2.32. The number of carbonyl (C=O) groups is 2. The first-order valence-corrected chi connectivity index (χ1v) is 9.42. The van der Waals surface area contributed by atoms with Gasteiger partial charge in [0.15, 0.2) is 4.34 Å². The highest BCUT2D eigenvalue weighted by Crippen LogP contribution is 2.29. The number of esters is 1. The molecule has 1 aliphatic carbocycles. The van der Waals surface area contributed by atoms with E-state index in [4.69, 9.17) is 4.74 Å². The number of hydrogen-bond donors (Lipinski definition) is 1. The summed E-state index contributed by atoms with van der Waals surface area (Å²) in [5, 5.41) is 11.5. The summed E-state index contributed by atoms with van der Waals surface area (Å²) < 4.78 is 5.68. The Bertz CT molecular complexity index is 501. The summed E-state index contributed by atoms with van der Waals surface area (Å²) >= 11 is 2.93. The van der Waals surface area contributed by atoms with E-state index >= 15 is 0 Å². The molecule has 0 atom stereocenters. The van der Waals surface area contributed by atoms with E-state index in [1.54, 1.807) is 18.7 Å². The van der Waals surface area contributed by atoms with Crippen molar-refractivity contribution in [2.24, 2.45) is 5.92 Å². The molecule has 1 saturated carbocycles. The van der Waals surface area contributed by atoms with Crippen molar-refractivity contribution in [3.63, 3.8) is 0 Å². The quantitative estimate of drug-likeness (QED) is 0.338. The average molecular weight is 343 g/mol. The van der Waals surface area contributed by atoms with E-state index in [-0.39, 0.29) is 17.8 Å². The molecular formula is C14H21N3O3S2. The van der Waals surface area contributed by atoms with Crippen LogP contribution in [0, 0.1) is 5.92 Å². The molecular weight excluding hydrogens is 322 g/mol. The molecule has 0 spiro atoms. The van der Waals surface area contributed by atoms with Crippen LogP contribution in [-0.4, -0.2) is 34.4 Å². The van der Waals surface area contributed by atoms with Crippen molar-refractivity contribution in [2.45, 2.75) is 49.8 Å². The zero-order valence-corrected chi connectivity index (χ0v) is 14.3. The maximum absolute atomic E-state index is 12.0. The van der Waals surface area contributed by atoms with Crippen molar-refractivity contribution in [2.75, 3.05) is 17.7 Å². The van der Waals surface area contributed by atoms with Crippen LogP contribution in [0.5, 0.6) is 0 Å². The van der Waals surface area contributed by atoms with Gasteiger partial charge in [-0.2, -0.15) is 0 Å². The van der Waals surface area contributed by atoms with Crippen molar-refractivity contribution in [1.29, 1.82) is 0 Å². The molecule has 8 heteroatoms. The number of aromatic nitrogens is 2. The third-order valence-electron chi connectivity index (χ3n) is 3.42. The Labute approximate surface area is 138 Å². The number of amides is 1. The van der Waals surface area contributed by atoms with E-state index < -0.39 is 0 Å². The molecule has 0 radical (unpaired) electrons. The molecule has 0 aromatic carbocycles. The van der Waals surface area contributed by atoms with Gasteiger partial charge in [0.25, 0.3) is 0 Å². The van der Waals surface area contributed by atoms with E-state index in [1.807, 2.05) is 0 Å². The van der Waals surface area contributed by atoms with Crippen molar-refractivity contribution in [3.05, 3.63) is 0 Å². The molecule has 0 unspecified atom stereocenters. The monoisotopic (exact) mass is 343 g/mol. The van der Waals surface area contributed by atoms with Crippen molar-refractivity contribution < 1.29 is 14.3 Å². The fourth-order valence-corrected chi connectivity index (χ4v) is 4.09. The maximum Gasteiger partial charge on any atom is 0.305 e. The first kappa shape index (κ1) is 17.2. The third kappa shape index (κ3) is 5.57. The molecule has 1 aromatic heterocycles. The van der Waals surface area contributed by atoms with Gasteiger partial charge in [0.1, 0.15) is 0 Å². The van der Waals surface area contributed by atoms with Crippen LogP contribution in [-0.2, 0) is 14.3 Å². The number of ether oxygens (including phenoxy) is 1. The van der Waals surface area contributed by atoms with E-state index in [0.29, 0.717) is 18.2 Å². The highest BCUT2D eigenvalue weighted by Gasteiger charge is 2.23. The number of carbonyl (C=O) groups excluding carboxylic acids is 2. The van der Waals surface area contributed by atoms with Crippen LogP contribution in [0.2, 0.25) is 0 Å². The van der Waals surface area contributed by atoms with Gasteiger partial charge in [0.2, 0.25) is 11.0 Å². The van der Waals surface area contributed by atoms with Crippen molar-refractivity contribution in [3.8, 4) is 0 Å². The summed E-state index contributed by atoms with van der Waals surface area (Å²) in [5.74, 6) is 0.811. The number of thioether (sulfide) groups is 1. The van der Waals surface area contributed by atoms with Crippen LogP contribution >= 0.6 is 23.1 Å². The molecule has 1 aromatic rings. The first-order chi connectivity index (χ1) is 10.7. The largest absolute Gasteiger partial charge is 0.466 e. The summed E-state index contributed by atoms with van der Waals surface area (Å²) in [7, 11) is 0. The zero-order chi connectivity index (χ0) is 15.8. The number of nitrogens with one attached hydrogen (secondary N) is 1. The van der Waals surface area contributed by atoms with Crippen LogP contribution in [0.4, 0.5) is 5.13 Å². The van der Waals surface area contributed by atoms with Gasteiger partial charge in [-0.15, -0.1) is 10.2 Å². The minimum Gasteiger partial charge on any atom is -0.466 e. The Kier molecular flexibility index (Phi) is 7.11. The minimum atomic E-state index is -0.162. The highest BCUT2D eigenvalue weighted by molar-refractivity contribution is 8.01. The summed E-state index contributed by atoms with van der Waals surface area (Å²) in [6, 6.07) is 0. The second-order valence-corrected chi connectivity index (χ2v) is 7.42. The Morgan fingerprint density at radius 1 is 1.36 bits per heavy atom. The van der Waals surface area contributed by atoms with Gasteiger partial charge in [-0.25, -0.2) is 0 Å². The number of anilines is 1. The lowest BCUT2D eigenvalue weighted by Gasteiger charge is -2.06. The van der Waals surface area contributed by atoms with E-state index in [1.165, 1.54) is 11.3 Å². The van der Waals surface area contributed by atoms with E-state index in [0.717, 1.165) is 42.2 Å². The SMILES string of the molecule is CCOC(=O)CCCSc1nnc(NC(=O)C2CCCC2)s1. The predicted octanol–water partition coefficient (Wildman–Crippen LogP) is 3.10. The number of nitrogens with zero attached hydrogens (tertiary/aromatic N) is 2. The summed E-state index contributed by atoms with van der Waals surface area (Å²) in [5.41, 5.74) is 0. The standard InChI is InChI=1S/C14H21N3O3S2/c1-2-20-11(18)8-5-9-21-14-17-16-13(22-14)15-12(19)10-6-3-4-7-10/h10H,2-9H2,1H3,(H,15,16,19). The Balaban J connectivity index is 1.67. The predicted molar refractivity (Wildman–Crippen MR) is 87.1 cm³/mol. The molecule has 0 bridgehead atoms. The summed E-state index contributed by atoms with van der Waals surface area (Å²) in [6.07, 6.45) is 5.38. The van der Waals surface area contributed by atoms with Crippen LogP contribution < -0.4 is 5.32 Å². The fraction of sp³-hybridized carbons (Fsp3) is 0.714. The van der Waals surface area contributed by atoms with Gasteiger partial charge in [-0.3, -0.25) is 9.59 Å². The lowest BCUT2D eigenvalue weighted by atomic mass is 10.1.